The fourth-order valence-corrected chi connectivity index (χ4v) is 1.35. The average molecular weight is 238 g/mol. The second-order valence-electron chi connectivity index (χ2n) is 3.51. The van der Waals surface area contributed by atoms with Gasteiger partial charge in [-0.25, -0.2) is 4.79 Å². The number of para-hydroxylation sites is 2. The van der Waals surface area contributed by atoms with Crippen molar-refractivity contribution in [3.05, 3.63) is 24.3 Å². The molecule has 0 bridgehead atoms. The summed E-state index contributed by atoms with van der Waals surface area (Å²) in [5, 5.41) is 14.0. The Labute approximate surface area is 101 Å². The molecule has 17 heavy (non-hydrogen) atoms. The average Bonchev–Trinajstić information content (AvgIpc) is 2.35. The van der Waals surface area contributed by atoms with Crippen LogP contribution in [0.5, 0.6) is 5.75 Å². The maximum atomic E-state index is 11.5. The van der Waals surface area contributed by atoms with E-state index in [9.17, 15) is 4.79 Å². The van der Waals surface area contributed by atoms with E-state index >= 15 is 0 Å². The van der Waals surface area contributed by atoms with Crippen LogP contribution in [0.3, 0.4) is 0 Å². The van der Waals surface area contributed by atoms with Gasteiger partial charge >= 0.3 is 6.03 Å². The highest BCUT2D eigenvalue weighted by Gasteiger charge is 2.05. The first-order valence-electron chi connectivity index (χ1n) is 5.56. The molecule has 5 heteroatoms. The fourth-order valence-electron chi connectivity index (χ4n) is 1.35. The van der Waals surface area contributed by atoms with E-state index in [4.69, 9.17) is 9.84 Å². The number of ether oxygens (including phenoxy) is 1. The zero-order valence-electron chi connectivity index (χ0n) is 9.90. The van der Waals surface area contributed by atoms with Crippen molar-refractivity contribution in [2.75, 3.05) is 25.6 Å². The maximum Gasteiger partial charge on any atom is 0.319 e. The zero-order chi connectivity index (χ0) is 12.5. The van der Waals surface area contributed by atoms with Crippen molar-refractivity contribution in [3.8, 4) is 5.75 Å². The summed E-state index contributed by atoms with van der Waals surface area (Å²) in [4.78, 5) is 11.5. The van der Waals surface area contributed by atoms with Gasteiger partial charge in [0.15, 0.2) is 0 Å². The topological polar surface area (TPSA) is 70.6 Å². The highest BCUT2D eigenvalue weighted by molar-refractivity contribution is 5.90. The first kappa shape index (κ1) is 13.3. The third-order valence-electron chi connectivity index (χ3n) is 2.23. The zero-order valence-corrected chi connectivity index (χ0v) is 9.90. The summed E-state index contributed by atoms with van der Waals surface area (Å²) in [6, 6.07) is 6.94. The Morgan fingerprint density at radius 2 is 2.12 bits per heavy atom. The number of hydrogen-bond donors (Lipinski definition) is 3. The molecule has 0 fully saturated rings. The van der Waals surface area contributed by atoms with E-state index in [1.54, 1.807) is 19.2 Å². The van der Waals surface area contributed by atoms with E-state index in [1.807, 2.05) is 12.1 Å². The molecule has 0 radical (unpaired) electrons. The van der Waals surface area contributed by atoms with Gasteiger partial charge in [0, 0.05) is 13.2 Å². The normalized spacial score (nSPS) is 9.76. The van der Waals surface area contributed by atoms with Gasteiger partial charge in [-0.15, -0.1) is 0 Å². The summed E-state index contributed by atoms with van der Waals surface area (Å²) >= 11 is 0. The number of hydrogen-bond acceptors (Lipinski definition) is 3. The molecule has 0 spiro atoms. The molecule has 1 aromatic rings. The number of nitrogens with one attached hydrogen (secondary N) is 2. The molecular formula is C12H18N2O3. The van der Waals surface area contributed by atoms with Gasteiger partial charge in [-0.1, -0.05) is 12.1 Å². The second-order valence-corrected chi connectivity index (χ2v) is 3.51. The van der Waals surface area contributed by atoms with Crippen LogP contribution in [-0.4, -0.2) is 31.4 Å². The van der Waals surface area contributed by atoms with Gasteiger partial charge in [0.25, 0.3) is 0 Å². The van der Waals surface area contributed by atoms with Crippen LogP contribution in [0, 0.1) is 0 Å². The molecule has 94 valence electrons. The molecule has 0 atom stereocenters. The first-order chi connectivity index (χ1) is 8.27. The number of anilines is 1. The van der Waals surface area contributed by atoms with E-state index in [2.05, 4.69) is 10.6 Å². The lowest BCUT2D eigenvalue weighted by Gasteiger charge is -2.10. The van der Waals surface area contributed by atoms with Crippen molar-refractivity contribution >= 4 is 11.7 Å². The summed E-state index contributed by atoms with van der Waals surface area (Å²) in [6.07, 6.45) is 1.45. The number of carbonyl (C=O) groups is 1. The molecule has 3 N–H and O–H groups in total. The van der Waals surface area contributed by atoms with Gasteiger partial charge in [0.2, 0.25) is 0 Å². The van der Waals surface area contributed by atoms with Crippen LogP contribution < -0.4 is 15.4 Å². The van der Waals surface area contributed by atoms with E-state index in [0.717, 1.165) is 6.42 Å². The molecule has 2 amide bonds. The van der Waals surface area contributed by atoms with Crippen LogP contribution in [0.1, 0.15) is 12.8 Å². The predicted octanol–water partition coefficient (Wildman–Crippen LogP) is 1.59. The fraction of sp³-hybridized carbons (Fsp3) is 0.417. The second kappa shape index (κ2) is 7.51. The van der Waals surface area contributed by atoms with Gasteiger partial charge in [-0.2, -0.15) is 0 Å². The Balaban J connectivity index is 2.39. The first-order valence-corrected chi connectivity index (χ1v) is 5.56. The number of urea groups is 1. The molecule has 0 heterocycles. The Hall–Kier alpha value is -1.75. The molecule has 0 aliphatic heterocycles. The summed E-state index contributed by atoms with van der Waals surface area (Å²) in [5.41, 5.74) is 0.634. The number of benzene rings is 1. The SMILES string of the molecule is COc1ccccc1NC(=O)NCCCCO. The highest BCUT2D eigenvalue weighted by Crippen LogP contribution is 2.22. The van der Waals surface area contributed by atoms with Crippen molar-refractivity contribution < 1.29 is 14.6 Å². The van der Waals surface area contributed by atoms with E-state index < -0.39 is 0 Å². The van der Waals surface area contributed by atoms with Gasteiger partial charge < -0.3 is 20.5 Å². The number of rotatable bonds is 6. The molecule has 0 aromatic heterocycles. The third kappa shape index (κ3) is 4.74. The number of aliphatic hydroxyl groups excluding tert-OH is 1. The number of carbonyl (C=O) groups excluding carboxylic acids is 1. The monoisotopic (exact) mass is 238 g/mol. The summed E-state index contributed by atoms with van der Waals surface area (Å²) in [5.74, 6) is 0.623. The molecule has 0 saturated heterocycles. The highest BCUT2D eigenvalue weighted by atomic mass is 16.5. The van der Waals surface area contributed by atoms with Crippen molar-refractivity contribution in [2.24, 2.45) is 0 Å². The summed E-state index contributed by atoms with van der Waals surface area (Å²) < 4.78 is 5.11. The summed E-state index contributed by atoms with van der Waals surface area (Å²) in [7, 11) is 1.56. The van der Waals surface area contributed by atoms with Crippen LogP contribution in [0.4, 0.5) is 10.5 Å². The molecule has 0 aliphatic carbocycles. The van der Waals surface area contributed by atoms with Crippen molar-refractivity contribution in [1.29, 1.82) is 0 Å². The Kier molecular flexibility index (Phi) is 5.88. The van der Waals surface area contributed by atoms with Gasteiger partial charge in [0.1, 0.15) is 5.75 Å². The maximum absolute atomic E-state index is 11.5. The van der Waals surface area contributed by atoms with E-state index in [-0.39, 0.29) is 12.6 Å². The van der Waals surface area contributed by atoms with Crippen LogP contribution in [-0.2, 0) is 0 Å². The smallest absolute Gasteiger partial charge is 0.319 e. The molecule has 0 saturated carbocycles. The van der Waals surface area contributed by atoms with Crippen LogP contribution in [0.25, 0.3) is 0 Å². The summed E-state index contributed by atoms with van der Waals surface area (Å²) in [6.45, 7) is 0.692. The number of amides is 2. The molecule has 0 aliphatic rings. The Bertz CT molecular complexity index is 355. The van der Waals surface area contributed by atoms with Crippen LogP contribution in [0.15, 0.2) is 24.3 Å². The number of unbranched alkanes of at least 4 members (excludes halogenated alkanes) is 1. The van der Waals surface area contributed by atoms with E-state index in [1.165, 1.54) is 0 Å². The van der Waals surface area contributed by atoms with Crippen molar-refractivity contribution in [2.45, 2.75) is 12.8 Å². The van der Waals surface area contributed by atoms with Crippen LogP contribution in [0.2, 0.25) is 0 Å². The third-order valence-corrected chi connectivity index (χ3v) is 2.23. The van der Waals surface area contributed by atoms with Gasteiger partial charge in [-0.05, 0) is 25.0 Å². The number of aliphatic hydroxyl groups is 1. The number of methoxy groups -OCH3 is 1. The largest absolute Gasteiger partial charge is 0.495 e. The predicted molar refractivity (Wildman–Crippen MR) is 66.3 cm³/mol. The molecular weight excluding hydrogens is 220 g/mol. The quantitative estimate of drug-likeness (QED) is 0.659. The van der Waals surface area contributed by atoms with Gasteiger partial charge in [-0.3, -0.25) is 0 Å². The van der Waals surface area contributed by atoms with Crippen molar-refractivity contribution in [3.63, 3.8) is 0 Å². The van der Waals surface area contributed by atoms with Crippen LogP contribution >= 0.6 is 0 Å². The standard InChI is InChI=1S/C12H18N2O3/c1-17-11-7-3-2-6-10(11)14-12(16)13-8-4-5-9-15/h2-3,6-7,15H,4-5,8-9H2,1H3,(H2,13,14,16). The minimum Gasteiger partial charge on any atom is -0.495 e. The molecule has 0 unspecified atom stereocenters. The Morgan fingerprint density at radius 3 is 2.82 bits per heavy atom. The lowest BCUT2D eigenvalue weighted by atomic mass is 10.3. The lowest BCUT2D eigenvalue weighted by Crippen LogP contribution is -2.29. The van der Waals surface area contributed by atoms with Gasteiger partial charge in [0.05, 0.1) is 12.8 Å². The lowest BCUT2D eigenvalue weighted by molar-refractivity contribution is 0.250. The molecule has 1 rings (SSSR count). The Morgan fingerprint density at radius 1 is 1.35 bits per heavy atom. The molecule has 1 aromatic carbocycles. The minimum atomic E-state index is -0.271. The van der Waals surface area contributed by atoms with Crippen molar-refractivity contribution in [1.82, 2.24) is 5.32 Å². The van der Waals surface area contributed by atoms with E-state index in [0.29, 0.717) is 24.4 Å². The minimum absolute atomic E-state index is 0.149. The molecule has 5 nitrogen and oxygen atoms in total.